The molecule has 5 heteroatoms. The predicted octanol–water partition coefficient (Wildman–Crippen LogP) is 0.953. The molecule has 84 valence electrons. The van der Waals surface area contributed by atoms with Crippen molar-refractivity contribution in [2.24, 2.45) is 12.8 Å². The van der Waals surface area contributed by atoms with Gasteiger partial charge >= 0.3 is 0 Å². The van der Waals surface area contributed by atoms with Gasteiger partial charge in [0.15, 0.2) is 5.82 Å². The first-order chi connectivity index (χ1) is 7.61. The van der Waals surface area contributed by atoms with Crippen LogP contribution in [0.15, 0.2) is 12.3 Å². The number of nitrogens with zero attached hydrogens (tertiary/aromatic N) is 4. The van der Waals surface area contributed by atoms with Crippen molar-refractivity contribution in [3.63, 3.8) is 0 Å². The molecule has 5 nitrogen and oxygen atoms in total. The van der Waals surface area contributed by atoms with Gasteiger partial charge in [-0.2, -0.15) is 5.10 Å². The molecule has 0 radical (unpaired) electrons. The Hall–Kier alpha value is -1.75. The van der Waals surface area contributed by atoms with E-state index >= 15 is 0 Å². The minimum Gasteiger partial charge on any atom is -0.326 e. The lowest BCUT2D eigenvalue weighted by molar-refractivity contribution is 0.767. The Morgan fingerprint density at radius 3 is 2.31 bits per heavy atom. The van der Waals surface area contributed by atoms with Crippen LogP contribution in [0.3, 0.4) is 0 Å². The summed E-state index contributed by atoms with van der Waals surface area (Å²) in [5, 5.41) is 4.28. The van der Waals surface area contributed by atoms with Crippen molar-refractivity contribution in [3.8, 4) is 11.5 Å². The molecule has 0 bridgehead atoms. The molecule has 0 aliphatic heterocycles. The SMILES string of the molecule is Cc1nc(-c2ccn(C)n2)nc(C)c1CN. The molecule has 0 amide bonds. The van der Waals surface area contributed by atoms with Crippen molar-refractivity contribution in [2.45, 2.75) is 20.4 Å². The third kappa shape index (κ3) is 1.81. The van der Waals surface area contributed by atoms with Gasteiger partial charge in [0.2, 0.25) is 0 Å². The standard InChI is InChI=1S/C11H15N5/c1-7-9(6-12)8(2)14-11(13-7)10-4-5-16(3)15-10/h4-5H,6,12H2,1-3H3. The second kappa shape index (κ2) is 4.02. The van der Waals surface area contributed by atoms with Crippen molar-refractivity contribution < 1.29 is 0 Å². The lowest BCUT2D eigenvalue weighted by atomic mass is 10.1. The monoisotopic (exact) mass is 217 g/mol. The van der Waals surface area contributed by atoms with E-state index in [0.29, 0.717) is 12.4 Å². The van der Waals surface area contributed by atoms with Crippen LogP contribution in [0, 0.1) is 13.8 Å². The average molecular weight is 217 g/mol. The number of rotatable bonds is 2. The summed E-state index contributed by atoms with van der Waals surface area (Å²) in [6.45, 7) is 4.37. The van der Waals surface area contributed by atoms with Crippen molar-refractivity contribution >= 4 is 0 Å². The van der Waals surface area contributed by atoms with E-state index in [-0.39, 0.29) is 0 Å². The highest BCUT2D eigenvalue weighted by Crippen LogP contribution is 2.16. The summed E-state index contributed by atoms with van der Waals surface area (Å²) < 4.78 is 1.74. The van der Waals surface area contributed by atoms with Gasteiger partial charge in [-0.15, -0.1) is 0 Å². The number of hydrogen-bond donors (Lipinski definition) is 1. The number of aromatic nitrogens is 4. The van der Waals surface area contributed by atoms with Gasteiger partial charge in [-0.3, -0.25) is 4.68 Å². The van der Waals surface area contributed by atoms with Gasteiger partial charge in [0.05, 0.1) is 0 Å². The van der Waals surface area contributed by atoms with E-state index < -0.39 is 0 Å². The summed E-state index contributed by atoms with van der Waals surface area (Å²) in [6.07, 6.45) is 1.88. The number of aryl methyl sites for hydroxylation is 3. The molecule has 0 atom stereocenters. The Bertz CT molecular complexity index is 492. The Labute approximate surface area is 94.3 Å². The molecule has 2 heterocycles. The predicted molar refractivity (Wildman–Crippen MR) is 61.6 cm³/mol. The fourth-order valence-electron chi connectivity index (χ4n) is 1.68. The first-order valence-corrected chi connectivity index (χ1v) is 5.16. The maximum atomic E-state index is 5.64. The van der Waals surface area contributed by atoms with Gasteiger partial charge in [-0.1, -0.05) is 0 Å². The molecule has 0 aliphatic rings. The Morgan fingerprint density at radius 2 is 1.88 bits per heavy atom. The summed E-state index contributed by atoms with van der Waals surface area (Å²) in [5.74, 6) is 0.660. The summed E-state index contributed by atoms with van der Waals surface area (Å²) in [7, 11) is 1.87. The van der Waals surface area contributed by atoms with Gasteiger partial charge in [0.1, 0.15) is 5.69 Å². The second-order valence-electron chi connectivity index (χ2n) is 3.78. The number of nitrogens with two attached hydrogens (primary N) is 1. The molecule has 2 rings (SSSR count). The van der Waals surface area contributed by atoms with Gasteiger partial charge in [-0.25, -0.2) is 9.97 Å². The molecule has 0 saturated carbocycles. The van der Waals surface area contributed by atoms with E-state index in [1.807, 2.05) is 33.2 Å². The Balaban J connectivity index is 2.52. The first kappa shape index (κ1) is 10.8. The van der Waals surface area contributed by atoms with Crippen LogP contribution in [0.5, 0.6) is 0 Å². The normalized spacial score (nSPS) is 10.8. The fourth-order valence-corrected chi connectivity index (χ4v) is 1.68. The lowest BCUT2D eigenvalue weighted by Gasteiger charge is -2.07. The van der Waals surface area contributed by atoms with E-state index in [4.69, 9.17) is 5.73 Å². The van der Waals surface area contributed by atoms with Gasteiger partial charge in [-0.05, 0) is 19.9 Å². The zero-order chi connectivity index (χ0) is 11.7. The summed E-state index contributed by atoms with van der Waals surface area (Å²) >= 11 is 0. The topological polar surface area (TPSA) is 69.6 Å². The van der Waals surface area contributed by atoms with Crippen LogP contribution < -0.4 is 5.73 Å². The van der Waals surface area contributed by atoms with Crippen molar-refractivity contribution in [1.29, 1.82) is 0 Å². The molecule has 2 aromatic heterocycles. The average Bonchev–Trinajstić information content (AvgIpc) is 2.64. The minimum absolute atomic E-state index is 0.472. The largest absolute Gasteiger partial charge is 0.326 e. The molecular weight excluding hydrogens is 202 g/mol. The highest BCUT2D eigenvalue weighted by atomic mass is 15.3. The van der Waals surface area contributed by atoms with E-state index in [9.17, 15) is 0 Å². The van der Waals surface area contributed by atoms with Crippen molar-refractivity contribution in [3.05, 3.63) is 29.2 Å². The van der Waals surface area contributed by atoms with E-state index in [1.54, 1.807) is 4.68 Å². The third-order valence-corrected chi connectivity index (χ3v) is 2.57. The maximum Gasteiger partial charge on any atom is 0.180 e. The highest BCUT2D eigenvalue weighted by molar-refractivity contribution is 5.49. The van der Waals surface area contributed by atoms with Crippen LogP contribution in [0.2, 0.25) is 0 Å². The van der Waals surface area contributed by atoms with E-state index in [0.717, 1.165) is 22.6 Å². The quantitative estimate of drug-likeness (QED) is 0.813. The fraction of sp³-hybridized carbons (Fsp3) is 0.364. The molecule has 2 N–H and O–H groups in total. The molecule has 0 unspecified atom stereocenters. The van der Waals surface area contributed by atoms with Crippen LogP contribution >= 0.6 is 0 Å². The van der Waals surface area contributed by atoms with Gasteiger partial charge in [0, 0.05) is 36.7 Å². The Kier molecular flexibility index (Phi) is 2.70. The smallest absolute Gasteiger partial charge is 0.180 e. The van der Waals surface area contributed by atoms with Crippen LogP contribution in [-0.4, -0.2) is 19.7 Å². The second-order valence-corrected chi connectivity index (χ2v) is 3.78. The number of hydrogen-bond acceptors (Lipinski definition) is 4. The zero-order valence-electron chi connectivity index (χ0n) is 9.73. The molecule has 0 saturated heterocycles. The Morgan fingerprint density at radius 1 is 1.25 bits per heavy atom. The zero-order valence-corrected chi connectivity index (χ0v) is 9.73. The molecule has 0 fully saturated rings. The van der Waals surface area contributed by atoms with Crippen LogP contribution in [0.1, 0.15) is 17.0 Å². The van der Waals surface area contributed by atoms with Crippen LogP contribution in [0.4, 0.5) is 0 Å². The van der Waals surface area contributed by atoms with Crippen molar-refractivity contribution in [2.75, 3.05) is 0 Å². The minimum atomic E-state index is 0.472. The summed E-state index contributed by atoms with van der Waals surface area (Å²) in [6, 6.07) is 1.90. The van der Waals surface area contributed by atoms with Crippen molar-refractivity contribution in [1.82, 2.24) is 19.7 Å². The lowest BCUT2D eigenvalue weighted by Crippen LogP contribution is -2.07. The molecule has 0 aromatic carbocycles. The molecule has 2 aromatic rings. The molecular formula is C11H15N5. The molecule has 16 heavy (non-hydrogen) atoms. The third-order valence-electron chi connectivity index (χ3n) is 2.57. The van der Waals surface area contributed by atoms with Crippen LogP contribution in [-0.2, 0) is 13.6 Å². The van der Waals surface area contributed by atoms with Gasteiger partial charge in [0.25, 0.3) is 0 Å². The van der Waals surface area contributed by atoms with Crippen LogP contribution in [0.25, 0.3) is 11.5 Å². The molecule has 0 spiro atoms. The maximum absolute atomic E-state index is 5.64. The van der Waals surface area contributed by atoms with E-state index in [2.05, 4.69) is 15.1 Å². The molecule has 0 aliphatic carbocycles. The summed E-state index contributed by atoms with van der Waals surface area (Å²) in [5.41, 5.74) is 9.30. The first-order valence-electron chi connectivity index (χ1n) is 5.16. The van der Waals surface area contributed by atoms with Gasteiger partial charge < -0.3 is 5.73 Å². The highest BCUT2D eigenvalue weighted by Gasteiger charge is 2.10. The summed E-state index contributed by atoms with van der Waals surface area (Å²) in [4.78, 5) is 8.84. The van der Waals surface area contributed by atoms with E-state index in [1.165, 1.54) is 0 Å².